The molecule has 298 valence electrons. The van der Waals surface area contributed by atoms with Gasteiger partial charge in [0.25, 0.3) is 0 Å². The number of aliphatic hydroxyl groups excluding tert-OH is 5. The van der Waals surface area contributed by atoms with Gasteiger partial charge in [0.15, 0.2) is 12.6 Å². The predicted octanol–water partition coefficient (Wildman–Crippen LogP) is -4.33. The number of hydrogen-bond acceptors (Lipinski definition) is 17. The molecule has 18 nitrogen and oxygen atoms in total. The summed E-state index contributed by atoms with van der Waals surface area (Å²) in [6, 6.07) is -1.10. The molecule has 0 radical (unpaired) electrons. The fourth-order valence-electron chi connectivity index (χ4n) is 6.62. The van der Waals surface area contributed by atoms with Crippen LogP contribution in [0.1, 0.15) is 64.2 Å². The van der Waals surface area contributed by atoms with E-state index < -0.39 is 42.3 Å². The molecular weight excluding hydrogens is 670 g/mol. The molecule has 4 aliphatic heterocycles. The zero-order chi connectivity index (χ0) is 37.4. The number of aliphatic hydroxyl groups is 6. The van der Waals surface area contributed by atoms with Crippen LogP contribution in [0.5, 0.6) is 0 Å². The van der Waals surface area contributed by atoms with E-state index in [1.807, 2.05) is 0 Å². The lowest BCUT2D eigenvalue weighted by Gasteiger charge is -2.38. The van der Waals surface area contributed by atoms with Gasteiger partial charge in [-0.25, -0.2) is 0 Å². The van der Waals surface area contributed by atoms with Crippen LogP contribution in [0.2, 0.25) is 0 Å². The van der Waals surface area contributed by atoms with Crippen LogP contribution >= 0.6 is 0 Å². The van der Waals surface area contributed by atoms with Gasteiger partial charge < -0.3 is 88.5 Å². The van der Waals surface area contributed by atoms with Crippen LogP contribution in [0.3, 0.4) is 0 Å². The Balaban J connectivity index is 0.000000219. The molecule has 51 heavy (non-hydrogen) atoms. The van der Waals surface area contributed by atoms with Crippen LogP contribution in [0, 0.1) is 0 Å². The molecule has 11 atom stereocenters. The molecule has 0 spiro atoms. The van der Waals surface area contributed by atoms with E-state index in [2.05, 4.69) is 22.0 Å². The maximum Gasteiger partial charge on any atom is 0.222 e. The van der Waals surface area contributed by atoms with Crippen molar-refractivity contribution in [1.29, 1.82) is 0 Å². The quantitative estimate of drug-likeness (QED) is 0.0901. The number of nitrogens with one attached hydrogen (secondary N) is 3. The van der Waals surface area contributed by atoms with E-state index in [0.717, 1.165) is 76.9 Å². The van der Waals surface area contributed by atoms with Gasteiger partial charge in [0.05, 0.1) is 56.1 Å². The first-order chi connectivity index (χ1) is 24.4. The van der Waals surface area contributed by atoms with Crippen molar-refractivity contribution in [2.75, 3.05) is 52.5 Å². The van der Waals surface area contributed by atoms with E-state index in [1.54, 1.807) is 0 Å². The van der Waals surface area contributed by atoms with Crippen molar-refractivity contribution >= 4 is 5.91 Å². The van der Waals surface area contributed by atoms with Gasteiger partial charge in [0.2, 0.25) is 5.91 Å². The third-order valence-electron chi connectivity index (χ3n) is 9.67. The number of nitrogens with two attached hydrogens (primary N) is 4. The van der Waals surface area contributed by atoms with Crippen LogP contribution in [-0.4, -0.2) is 162 Å². The van der Waals surface area contributed by atoms with Crippen LogP contribution in [0.4, 0.5) is 0 Å². The van der Waals surface area contributed by atoms with Crippen molar-refractivity contribution in [3.8, 4) is 0 Å². The third-order valence-corrected chi connectivity index (χ3v) is 9.67. The van der Waals surface area contributed by atoms with Crippen LogP contribution in [0.25, 0.3) is 0 Å². The number of carbonyl (C=O) groups excluding carboxylic acids is 1. The van der Waals surface area contributed by atoms with Crippen LogP contribution in [-0.2, 0) is 23.7 Å². The smallest absolute Gasteiger partial charge is 0.222 e. The Kier molecular flexibility index (Phi) is 19.4. The predicted molar refractivity (Wildman–Crippen MR) is 186 cm³/mol. The molecule has 5 rings (SSSR count). The number of rotatable bonds is 12. The first-order valence-corrected chi connectivity index (χ1v) is 18.3. The first-order valence-electron chi connectivity index (χ1n) is 18.3. The Morgan fingerprint density at radius 1 is 1.08 bits per heavy atom. The SMILES string of the molecule is NCC(O)CC(=O)NC1CC(N)CC(OC2CCC(CO)O2)C1.NC[C@@H]1O[C@H](O)[C@H](N)C(O)[C@@H]1O.OC1(CNCC2=CCCCO2)CCNCC1. The molecule has 18 heteroatoms. The molecule has 1 amide bonds. The maximum absolute atomic E-state index is 11.9. The van der Waals surface area contributed by atoms with E-state index >= 15 is 0 Å². The Labute approximate surface area is 300 Å². The molecular formula is C33H65N7O11. The highest BCUT2D eigenvalue weighted by Gasteiger charge is 2.41. The van der Waals surface area contributed by atoms with Gasteiger partial charge >= 0.3 is 0 Å². The normalized spacial score (nSPS) is 35.5. The minimum absolute atomic E-state index is 0.00230. The minimum atomic E-state index is -1.27. The summed E-state index contributed by atoms with van der Waals surface area (Å²) in [5.41, 5.74) is 21.4. The van der Waals surface area contributed by atoms with E-state index in [1.165, 1.54) is 0 Å². The van der Waals surface area contributed by atoms with Crippen molar-refractivity contribution in [1.82, 2.24) is 16.0 Å². The molecule has 3 saturated heterocycles. The maximum atomic E-state index is 11.9. The Hall–Kier alpha value is -1.59. The summed E-state index contributed by atoms with van der Waals surface area (Å²) >= 11 is 0. The zero-order valence-electron chi connectivity index (χ0n) is 29.7. The Morgan fingerprint density at radius 3 is 2.45 bits per heavy atom. The van der Waals surface area contributed by atoms with Crippen LogP contribution < -0.4 is 38.9 Å². The second kappa shape index (κ2) is 22.6. The van der Waals surface area contributed by atoms with Gasteiger partial charge in [-0.05, 0) is 70.5 Å². The fraction of sp³-hybridized carbons (Fsp3) is 0.909. The van der Waals surface area contributed by atoms with Crippen molar-refractivity contribution in [3.63, 3.8) is 0 Å². The summed E-state index contributed by atoms with van der Waals surface area (Å²) in [4.78, 5) is 11.9. The highest BCUT2D eigenvalue weighted by Crippen LogP contribution is 2.27. The zero-order valence-corrected chi connectivity index (χ0v) is 29.7. The molecule has 5 aliphatic rings. The Morgan fingerprint density at radius 2 is 1.82 bits per heavy atom. The topological polar surface area (TPSA) is 316 Å². The summed E-state index contributed by atoms with van der Waals surface area (Å²) < 4.78 is 21.9. The average Bonchev–Trinajstić information content (AvgIpc) is 3.57. The van der Waals surface area contributed by atoms with Crippen molar-refractivity contribution in [2.45, 2.75) is 137 Å². The second-order valence-corrected chi connectivity index (χ2v) is 14.1. The molecule has 4 fully saturated rings. The van der Waals surface area contributed by atoms with E-state index in [-0.39, 0.29) is 62.6 Å². The van der Waals surface area contributed by atoms with Crippen molar-refractivity contribution in [2.24, 2.45) is 22.9 Å². The summed E-state index contributed by atoms with van der Waals surface area (Å²) in [6.45, 7) is 4.17. The van der Waals surface area contributed by atoms with Gasteiger partial charge in [-0.15, -0.1) is 0 Å². The highest BCUT2D eigenvalue weighted by atomic mass is 16.7. The summed E-state index contributed by atoms with van der Waals surface area (Å²) in [5, 5.41) is 65.8. The fourth-order valence-corrected chi connectivity index (χ4v) is 6.62. The molecule has 17 N–H and O–H groups in total. The Bertz CT molecular complexity index is 1020. The van der Waals surface area contributed by atoms with Crippen molar-refractivity contribution < 1.29 is 54.4 Å². The van der Waals surface area contributed by atoms with E-state index in [0.29, 0.717) is 19.4 Å². The second-order valence-electron chi connectivity index (χ2n) is 14.1. The molecule has 4 heterocycles. The molecule has 0 aromatic heterocycles. The minimum Gasteiger partial charge on any atom is -0.497 e. The lowest BCUT2D eigenvalue weighted by Crippen LogP contribution is -2.62. The third kappa shape index (κ3) is 15.4. The van der Waals surface area contributed by atoms with Gasteiger partial charge in [-0.2, -0.15) is 0 Å². The molecule has 7 unspecified atom stereocenters. The van der Waals surface area contributed by atoms with E-state index in [4.69, 9.17) is 52.1 Å². The lowest BCUT2D eigenvalue weighted by molar-refractivity contribution is -0.238. The number of hydrogen-bond donors (Lipinski definition) is 13. The number of amides is 1. The molecule has 0 aromatic carbocycles. The molecule has 0 bridgehead atoms. The number of allylic oxidation sites excluding steroid dienone is 1. The summed E-state index contributed by atoms with van der Waals surface area (Å²) in [5.74, 6) is 0.807. The first kappa shape index (κ1) is 43.8. The van der Waals surface area contributed by atoms with Gasteiger partial charge in [-0.3, -0.25) is 4.79 Å². The lowest BCUT2D eigenvalue weighted by atomic mass is 9.89. The highest BCUT2D eigenvalue weighted by molar-refractivity contribution is 5.76. The van der Waals surface area contributed by atoms with Crippen LogP contribution in [0.15, 0.2) is 11.8 Å². The summed E-state index contributed by atoms with van der Waals surface area (Å²) in [7, 11) is 0. The standard InChI is InChI=1S/C15H29N3O5.C12H22N2O2.C6H14N2O4/c16-7-11(20)6-14(21)18-10-3-9(17)4-13(5-10)23-15-2-1-12(8-19)22-15;15-12(4-6-13-7-5-12)10-14-9-11-3-1-2-8-16-11;7-1-2-4(9)5(10)3(8)6(11)12-2/h9-13,15,19-20H,1-8,16-17H2,(H,18,21);3,13-15H,1-2,4-10H2;2-6,9-11H,1,7-8H2/t;;2-,3+,4+,5?,6-/m..0/s1. The molecule has 1 saturated carbocycles. The van der Waals surface area contributed by atoms with Crippen molar-refractivity contribution in [3.05, 3.63) is 11.8 Å². The molecule has 1 aliphatic carbocycles. The molecule has 0 aromatic rings. The largest absolute Gasteiger partial charge is 0.497 e. The van der Waals surface area contributed by atoms with Gasteiger partial charge in [0.1, 0.15) is 24.1 Å². The monoisotopic (exact) mass is 735 g/mol. The average molecular weight is 736 g/mol. The number of ether oxygens (including phenoxy) is 4. The number of carbonyl (C=O) groups is 1. The van der Waals surface area contributed by atoms with Gasteiger partial charge in [0, 0.05) is 38.1 Å². The van der Waals surface area contributed by atoms with Gasteiger partial charge in [-0.1, -0.05) is 0 Å². The van der Waals surface area contributed by atoms with E-state index in [9.17, 15) is 25.2 Å². The summed E-state index contributed by atoms with van der Waals surface area (Å²) in [6.07, 6.45) is 3.98. The number of piperidine rings is 1.